The first-order valence-corrected chi connectivity index (χ1v) is 7.52. The van der Waals surface area contributed by atoms with Crippen molar-refractivity contribution in [2.24, 2.45) is 22.4 Å². The third-order valence-electron chi connectivity index (χ3n) is 5.14. The van der Waals surface area contributed by atoms with Crippen LogP contribution in [-0.4, -0.2) is 11.6 Å². The summed E-state index contributed by atoms with van der Waals surface area (Å²) >= 11 is 0. The topological polar surface area (TPSA) is 41.5 Å². The van der Waals surface area contributed by atoms with Crippen LogP contribution in [0.25, 0.3) is 0 Å². The fourth-order valence-electron chi connectivity index (χ4n) is 3.80. The summed E-state index contributed by atoms with van der Waals surface area (Å²) in [5, 5.41) is 4.26. The Labute approximate surface area is 120 Å². The number of carbonyl (C=O) groups excluding carboxylic acids is 1. The van der Waals surface area contributed by atoms with Gasteiger partial charge in [0.05, 0.1) is 5.71 Å². The van der Waals surface area contributed by atoms with Gasteiger partial charge in [-0.1, -0.05) is 50.1 Å². The molecule has 0 aliphatic heterocycles. The third kappa shape index (κ3) is 2.26. The standard InChI is InChI=1S/C17H22N2O/c1-12(13-8-4-3-5-9-13)18-19-16(20)15-14-10-6-7-11-17(14,15)2/h3-5,8-9,14-15H,6-7,10-11H2,1-2H3,(H,19,20)/b18-12-/t14-,15-,17+/m1/s1. The van der Waals surface area contributed by atoms with Crippen LogP contribution in [0.5, 0.6) is 0 Å². The van der Waals surface area contributed by atoms with Gasteiger partial charge in [-0.15, -0.1) is 0 Å². The number of hydrazone groups is 1. The highest BCUT2D eigenvalue weighted by Crippen LogP contribution is 2.66. The molecule has 106 valence electrons. The zero-order valence-corrected chi connectivity index (χ0v) is 12.2. The molecule has 2 aliphatic rings. The summed E-state index contributed by atoms with van der Waals surface area (Å²) in [4.78, 5) is 12.3. The van der Waals surface area contributed by atoms with Crippen LogP contribution in [0.2, 0.25) is 0 Å². The largest absolute Gasteiger partial charge is 0.273 e. The molecule has 3 atom stereocenters. The zero-order chi connectivity index (χ0) is 14.2. The normalized spacial score (nSPS) is 32.4. The van der Waals surface area contributed by atoms with E-state index in [0.717, 1.165) is 11.3 Å². The van der Waals surface area contributed by atoms with Crippen LogP contribution in [0.1, 0.15) is 45.1 Å². The van der Waals surface area contributed by atoms with Crippen LogP contribution >= 0.6 is 0 Å². The molecule has 0 aromatic heterocycles. The molecule has 2 saturated carbocycles. The van der Waals surface area contributed by atoms with Gasteiger partial charge in [-0.05, 0) is 36.7 Å². The predicted octanol–water partition coefficient (Wildman–Crippen LogP) is 3.35. The van der Waals surface area contributed by atoms with Crippen LogP contribution in [0.4, 0.5) is 0 Å². The monoisotopic (exact) mass is 270 g/mol. The molecule has 3 rings (SSSR count). The van der Waals surface area contributed by atoms with Gasteiger partial charge in [0, 0.05) is 5.92 Å². The van der Waals surface area contributed by atoms with Gasteiger partial charge in [0.25, 0.3) is 0 Å². The summed E-state index contributed by atoms with van der Waals surface area (Å²) < 4.78 is 0. The molecule has 0 saturated heterocycles. The van der Waals surface area contributed by atoms with Crippen molar-refractivity contribution in [2.45, 2.75) is 39.5 Å². The molecule has 3 heteroatoms. The molecule has 1 N–H and O–H groups in total. The van der Waals surface area contributed by atoms with E-state index in [1.165, 1.54) is 25.7 Å². The molecule has 1 aromatic carbocycles. The summed E-state index contributed by atoms with van der Waals surface area (Å²) in [6, 6.07) is 9.94. The van der Waals surface area contributed by atoms with E-state index in [9.17, 15) is 4.79 Å². The highest BCUT2D eigenvalue weighted by Gasteiger charge is 2.64. The first-order chi connectivity index (χ1) is 9.63. The van der Waals surface area contributed by atoms with Crippen molar-refractivity contribution in [1.29, 1.82) is 0 Å². The molecule has 0 heterocycles. The number of amides is 1. The van der Waals surface area contributed by atoms with Gasteiger partial charge < -0.3 is 0 Å². The predicted molar refractivity (Wildman–Crippen MR) is 80.4 cm³/mol. The number of rotatable bonds is 3. The lowest BCUT2D eigenvalue weighted by atomic mass is 9.90. The Balaban J connectivity index is 1.63. The minimum atomic E-state index is 0.106. The molecule has 1 amide bonds. The van der Waals surface area contributed by atoms with Crippen molar-refractivity contribution in [2.75, 3.05) is 0 Å². The molecule has 0 radical (unpaired) electrons. The van der Waals surface area contributed by atoms with Crippen molar-refractivity contribution < 1.29 is 4.79 Å². The van der Waals surface area contributed by atoms with Crippen LogP contribution in [0, 0.1) is 17.3 Å². The minimum Gasteiger partial charge on any atom is -0.273 e. The van der Waals surface area contributed by atoms with Crippen molar-refractivity contribution in [3.05, 3.63) is 35.9 Å². The molecule has 1 aromatic rings. The smallest absolute Gasteiger partial charge is 0.244 e. The quantitative estimate of drug-likeness (QED) is 0.664. The van der Waals surface area contributed by atoms with Gasteiger partial charge in [0.2, 0.25) is 5.91 Å². The number of nitrogens with one attached hydrogen (secondary N) is 1. The van der Waals surface area contributed by atoms with E-state index >= 15 is 0 Å². The van der Waals surface area contributed by atoms with Gasteiger partial charge in [-0.3, -0.25) is 4.79 Å². The summed E-state index contributed by atoms with van der Waals surface area (Å²) in [7, 11) is 0. The van der Waals surface area contributed by atoms with Crippen LogP contribution in [-0.2, 0) is 4.79 Å². The maximum Gasteiger partial charge on any atom is 0.244 e. The number of hydrogen-bond acceptors (Lipinski definition) is 2. The van der Waals surface area contributed by atoms with Crippen molar-refractivity contribution >= 4 is 11.6 Å². The fraction of sp³-hybridized carbons (Fsp3) is 0.529. The minimum absolute atomic E-state index is 0.106. The first-order valence-electron chi connectivity index (χ1n) is 7.52. The van der Waals surface area contributed by atoms with Crippen LogP contribution < -0.4 is 5.43 Å². The van der Waals surface area contributed by atoms with Crippen molar-refractivity contribution in [3.63, 3.8) is 0 Å². The van der Waals surface area contributed by atoms with Crippen molar-refractivity contribution in [3.8, 4) is 0 Å². The lowest BCUT2D eigenvalue weighted by Gasteiger charge is -2.15. The van der Waals surface area contributed by atoms with E-state index in [0.29, 0.717) is 5.92 Å². The molecular formula is C17H22N2O. The SMILES string of the molecule is C/C(=N/NC(=O)[C@H]1[C@H]2CCCC[C@@]21C)c1ccccc1. The number of carbonyl (C=O) groups is 1. The molecule has 3 nitrogen and oxygen atoms in total. The van der Waals surface area contributed by atoms with E-state index in [-0.39, 0.29) is 17.2 Å². The second-order valence-corrected chi connectivity index (χ2v) is 6.38. The highest BCUT2D eigenvalue weighted by atomic mass is 16.2. The Bertz CT molecular complexity index is 537. The van der Waals surface area contributed by atoms with Crippen molar-refractivity contribution in [1.82, 2.24) is 5.43 Å². The average Bonchev–Trinajstić information content (AvgIpc) is 3.11. The molecule has 0 unspecified atom stereocenters. The lowest BCUT2D eigenvalue weighted by molar-refractivity contribution is -0.123. The molecule has 2 fully saturated rings. The lowest BCUT2D eigenvalue weighted by Crippen LogP contribution is -2.23. The molecule has 2 aliphatic carbocycles. The Morgan fingerprint density at radius 1 is 1.30 bits per heavy atom. The average molecular weight is 270 g/mol. The maximum atomic E-state index is 12.3. The van der Waals surface area contributed by atoms with E-state index in [1.807, 2.05) is 37.3 Å². The number of benzene rings is 1. The summed E-state index contributed by atoms with van der Waals surface area (Å²) in [6.07, 6.45) is 4.94. The Hall–Kier alpha value is -1.64. The second kappa shape index (κ2) is 5.04. The molecule has 0 spiro atoms. The Morgan fingerprint density at radius 3 is 2.70 bits per heavy atom. The second-order valence-electron chi connectivity index (χ2n) is 6.38. The van der Waals surface area contributed by atoms with E-state index in [2.05, 4.69) is 17.5 Å². The molecule has 20 heavy (non-hydrogen) atoms. The third-order valence-corrected chi connectivity index (χ3v) is 5.14. The summed E-state index contributed by atoms with van der Waals surface area (Å²) in [5.41, 5.74) is 4.92. The summed E-state index contributed by atoms with van der Waals surface area (Å²) in [5.74, 6) is 0.871. The highest BCUT2D eigenvalue weighted by molar-refractivity contribution is 5.99. The van der Waals surface area contributed by atoms with Gasteiger partial charge in [0.15, 0.2) is 0 Å². The number of fused-ring (bicyclic) bond motifs is 1. The maximum absolute atomic E-state index is 12.3. The number of nitrogens with zero attached hydrogens (tertiary/aromatic N) is 1. The van der Waals surface area contributed by atoms with E-state index in [4.69, 9.17) is 0 Å². The Morgan fingerprint density at radius 2 is 2.05 bits per heavy atom. The molecule has 0 bridgehead atoms. The van der Waals surface area contributed by atoms with Gasteiger partial charge in [-0.25, -0.2) is 5.43 Å². The summed E-state index contributed by atoms with van der Waals surface area (Å²) in [6.45, 7) is 4.19. The van der Waals surface area contributed by atoms with E-state index in [1.54, 1.807) is 0 Å². The van der Waals surface area contributed by atoms with Gasteiger partial charge >= 0.3 is 0 Å². The van der Waals surface area contributed by atoms with E-state index < -0.39 is 0 Å². The number of hydrogen-bond donors (Lipinski definition) is 1. The zero-order valence-electron chi connectivity index (χ0n) is 12.2. The first kappa shape index (κ1) is 13.3. The Kier molecular flexibility index (Phi) is 3.36. The molecular weight excluding hydrogens is 248 g/mol. The van der Waals surface area contributed by atoms with Crippen LogP contribution in [0.15, 0.2) is 35.4 Å². The van der Waals surface area contributed by atoms with Gasteiger partial charge in [0.1, 0.15) is 0 Å². The van der Waals surface area contributed by atoms with Gasteiger partial charge in [-0.2, -0.15) is 5.10 Å². The van der Waals surface area contributed by atoms with Crippen LogP contribution in [0.3, 0.4) is 0 Å². The fourth-order valence-corrected chi connectivity index (χ4v) is 3.80.